The van der Waals surface area contributed by atoms with Crippen LogP contribution in [0, 0.1) is 0 Å². The molecule has 9 heteroatoms. The van der Waals surface area contributed by atoms with Gasteiger partial charge in [0.1, 0.15) is 13.2 Å². The van der Waals surface area contributed by atoms with Gasteiger partial charge in [0.15, 0.2) is 11.5 Å². The average Bonchev–Trinajstić information content (AvgIpc) is 2.66. The van der Waals surface area contributed by atoms with Crippen molar-refractivity contribution in [3.63, 3.8) is 0 Å². The Hall–Kier alpha value is -2.81. The number of hydrogen-bond donors (Lipinski definition) is 0. The van der Waals surface area contributed by atoms with Crippen LogP contribution in [-0.4, -0.2) is 26.9 Å². The third-order valence-corrected chi connectivity index (χ3v) is 4.79. The summed E-state index contributed by atoms with van der Waals surface area (Å²) in [5.74, 6) is 1.13. The molecule has 2 aromatic rings. The molecule has 2 heterocycles. The van der Waals surface area contributed by atoms with Crippen LogP contribution in [0.5, 0.6) is 11.5 Å². The third kappa shape index (κ3) is 3.55. The molecule has 0 bridgehead atoms. The van der Waals surface area contributed by atoms with Gasteiger partial charge in [-0.3, -0.25) is 0 Å². The van der Waals surface area contributed by atoms with Crippen molar-refractivity contribution < 1.29 is 9.47 Å². The van der Waals surface area contributed by atoms with Gasteiger partial charge in [-0.2, -0.15) is 0 Å². The molecule has 27 heavy (non-hydrogen) atoms. The zero-order valence-corrected chi connectivity index (χ0v) is 16.1. The molecule has 1 aromatic carbocycles. The van der Waals surface area contributed by atoms with E-state index in [2.05, 4.69) is 29.1 Å². The minimum atomic E-state index is -0.702. The van der Waals surface area contributed by atoms with Gasteiger partial charge in [-0.25, -0.2) is 28.1 Å². The number of halogens is 1. The lowest BCUT2D eigenvalue weighted by atomic mass is 10.2. The van der Waals surface area contributed by atoms with Crippen LogP contribution < -0.4 is 26.5 Å². The predicted molar refractivity (Wildman–Crippen MR) is 104 cm³/mol. The summed E-state index contributed by atoms with van der Waals surface area (Å²) in [6.45, 7) is 7.95. The van der Waals surface area contributed by atoms with Crippen LogP contribution in [0.1, 0.15) is 5.56 Å². The van der Waals surface area contributed by atoms with Crippen molar-refractivity contribution in [3.8, 4) is 11.5 Å². The number of benzene rings is 1. The smallest absolute Gasteiger partial charge is 0.336 e. The standard InChI is InChI=1S/C18H18BrN3O5/c1-3-5-20-16(23)21(6-4-2)18(25)22(17(20)24)11-12-9-14-15(10-13(12)19)27-8-7-26-14/h3-4,9-10H,1-2,5-8,11H2. The van der Waals surface area contributed by atoms with Crippen LogP contribution in [0.2, 0.25) is 0 Å². The monoisotopic (exact) mass is 435 g/mol. The lowest BCUT2D eigenvalue weighted by Gasteiger charge is -2.20. The lowest BCUT2D eigenvalue weighted by molar-refractivity contribution is 0.171. The molecule has 0 unspecified atom stereocenters. The Morgan fingerprint density at radius 1 is 0.889 bits per heavy atom. The topological polar surface area (TPSA) is 84.5 Å². The molecule has 3 rings (SSSR count). The normalized spacial score (nSPS) is 12.6. The van der Waals surface area contributed by atoms with Gasteiger partial charge in [-0.15, -0.1) is 13.2 Å². The minimum absolute atomic E-state index is 0.00258. The molecule has 0 saturated carbocycles. The van der Waals surface area contributed by atoms with Crippen LogP contribution in [0.4, 0.5) is 0 Å². The zero-order valence-electron chi connectivity index (χ0n) is 14.5. The highest BCUT2D eigenvalue weighted by molar-refractivity contribution is 9.10. The summed E-state index contributed by atoms with van der Waals surface area (Å²) in [6, 6.07) is 3.45. The molecular weight excluding hydrogens is 418 g/mol. The lowest BCUT2D eigenvalue weighted by Crippen LogP contribution is -2.54. The summed E-state index contributed by atoms with van der Waals surface area (Å²) in [6.07, 6.45) is 2.85. The van der Waals surface area contributed by atoms with Crippen LogP contribution in [0.3, 0.4) is 0 Å². The van der Waals surface area contributed by atoms with Crippen molar-refractivity contribution in [2.45, 2.75) is 19.6 Å². The number of aromatic nitrogens is 3. The SMILES string of the molecule is C=CCn1c(=O)n(CC=C)c(=O)n(Cc2cc3c(cc2Br)OCCO3)c1=O. The van der Waals surface area contributed by atoms with Gasteiger partial charge in [-0.05, 0) is 17.7 Å². The zero-order chi connectivity index (χ0) is 19.6. The first kappa shape index (κ1) is 19.0. The first-order valence-electron chi connectivity index (χ1n) is 8.22. The molecule has 0 atom stereocenters. The van der Waals surface area contributed by atoms with E-state index in [0.717, 1.165) is 13.7 Å². The largest absolute Gasteiger partial charge is 0.486 e. The van der Waals surface area contributed by atoms with E-state index in [9.17, 15) is 14.4 Å². The Bertz CT molecular complexity index is 1030. The second-order valence-corrected chi connectivity index (χ2v) is 6.67. The van der Waals surface area contributed by atoms with Gasteiger partial charge in [0.05, 0.1) is 19.6 Å². The highest BCUT2D eigenvalue weighted by Crippen LogP contribution is 2.35. The maximum Gasteiger partial charge on any atom is 0.336 e. The van der Waals surface area contributed by atoms with Gasteiger partial charge < -0.3 is 9.47 Å². The molecule has 0 saturated heterocycles. The van der Waals surface area contributed by atoms with Crippen LogP contribution in [0.25, 0.3) is 0 Å². The second kappa shape index (κ2) is 7.83. The number of fused-ring (bicyclic) bond motifs is 1. The summed E-state index contributed by atoms with van der Waals surface area (Å²) in [5.41, 5.74) is -1.45. The van der Waals surface area contributed by atoms with E-state index in [4.69, 9.17) is 9.47 Å². The van der Waals surface area contributed by atoms with Crippen molar-refractivity contribution in [2.75, 3.05) is 13.2 Å². The van der Waals surface area contributed by atoms with E-state index in [1.165, 1.54) is 12.2 Å². The Kier molecular flexibility index (Phi) is 5.50. The van der Waals surface area contributed by atoms with Gasteiger partial charge in [0.25, 0.3) is 0 Å². The Labute approximate surface area is 162 Å². The fourth-order valence-electron chi connectivity index (χ4n) is 2.79. The summed E-state index contributed by atoms with van der Waals surface area (Å²) in [7, 11) is 0. The van der Waals surface area contributed by atoms with E-state index in [1.54, 1.807) is 12.1 Å². The first-order valence-corrected chi connectivity index (χ1v) is 9.01. The number of allylic oxidation sites excluding steroid dienone is 2. The van der Waals surface area contributed by atoms with Gasteiger partial charge in [0, 0.05) is 4.47 Å². The maximum absolute atomic E-state index is 12.7. The summed E-state index contributed by atoms with van der Waals surface area (Å²) in [5, 5.41) is 0. The van der Waals surface area contributed by atoms with Crippen molar-refractivity contribution in [1.82, 2.24) is 13.7 Å². The average molecular weight is 436 g/mol. The number of rotatable bonds is 6. The Balaban J connectivity index is 2.16. The fourth-order valence-corrected chi connectivity index (χ4v) is 3.23. The molecule has 0 amide bonds. The number of hydrogen-bond acceptors (Lipinski definition) is 5. The van der Waals surface area contributed by atoms with E-state index < -0.39 is 17.1 Å². The molecule has 1 aliphatic heterocycles. The van der Waals surface area contributed by atoms with Gasteiger partial charge in [-0.1, -0.05) is 28.1 Å². The van der Waals surface area contributed by atoms with Crippen molar-refractivity contribution in [3.05, 3.63) is 78.9 Å². The van der Waals surface area contributed by atoms with Gasteiger partial charge >= 0.3 is 17.1 Å². The van der Waals surface area contributed by atoms with Crippen LogP contribution in [-0.2, 0) is 19.6 Å². The van der Waals surface area contributed by atoms with Crippen LogP contribution >= 0.6 is 15.9 Å². The minimum Gasteiger partial charge on any atom is -0.486 e. The van der Waals surface area contributed by atoms with E-state index in [1.807, 2.05) is 0 Å². The fraction of sp³-hybridized carbons (Fsp3) is 0.278. The predicted octanol–water partition coefficient (Wildman–Crippen LogP) is 1.13. The number of ether oxygens (including phenoxy) is 2. The first-order chi connectivity index (χ1) is 13.0. The van der Waals surface area contributed by atoms with E-state index in [-0.39, 0.29) is 19.6 Å². The molecule has 1 aromatic heterocycles. The molecule has 0 fully saturated rings. The molecule has 0 spiro atoms. The maximum atomic E-state index is 12.7. The summed E-state index contributed by atoms with van der Waals surface area (Å²) >= 11 is 3.43. The molecule has 0 radical (unpaired) electrons. The highest BCUT2D eigenvalue weighted by atomic mass is 79.9. The second-order valence-electron chi connectivity index (χ2n) is 5.82. The quantitative estimate of drug-likeness (QED) is 0.634. The van der Waals surface area contributed by atoms with Crippen molar-refractivity contribution in [1.29, 1.82) is 0 Å². The molecule has 0 aliphatic carbocycles. The van der Waals surface area contributed by atoms with Crippen molar-refractivity contribution in [2.24, 2.45) is 0 Å². The van der Waals surface area contributed by atoms with Gasteiger partial charge in [0.2, 0.25) is 0 Å². The molecule has 142 valence electrons. The Morgan fingerprint density at radius 2 is 1.37 bits per heavy atom. The van der Waals surface area contributed by atoms with Crippen molar-refractivity contribution >= 4 is 15.9 Å². The molecule has 1 aliphatic rings. The Morgan fingerprint density at radius 3 is 1.89 bits per heavy atom. The highest BCUT2D eigenvalue weighted by Gasteiger charge is 2.18. The van der Waals surface area contributed by atoms with E-state index in [0.29, 0.717) is 34.7 Å². The molecular formula is C18H18BrN3O5. The van der Waals surface area contributed by atoms with E-state index >= 15 is 0 Å². The van der Waals surface area contributed by atoms with Crippen LogP contribution in [0.15, 0.2) is 56.3 Å². The molecule has 0 N–H and O–H groups in total. The summed E-state index contributed by atoms with van der Waals surface area (Å²) in [4.78, 5) is 37.9. The molecule has 8 nitrogen and oxygen atoms in total. The number of nitrogens with zero attached hydrogens (tertiary/aromatic N) is 3. The summed E-state index contributed by atoms with van der Waals surface area (Å²) < 4.78 is 14.7. The third-order valence-electron chi connectivity index (χ3n) is 4.05.